The molecule has 0 saturated carbocycles. The minimum atomic E-state index is -1.36. The second-order valence-electron chi connectivity index (χ2n) is 10.3. The molecule has 0 radical (unpaired) electrons. The van der Waals surface area contributed by atoms with E-state index in [1.54, 1.807) is 0 Å². The van der Waals surface area contributed by atoms with Gasteiger partial charge in [0.15, 0.2) is 11.0 Å². The third kappa shape index (κ3) is 3.82. The Bertz CT molecular complexity index is 1320. The van der Waals surface area contributed by atoms with Crippen LogP contribution in [0.15, 0.2) is 35.6 Å². The first-order valence-electron chi connectivity index (χ1n) is 13.0. The molecule has 2 aromatic heterocycles. The highest BCUT2D eigenvalue weighted by Gasteiger charge is 2.44. The predicted octanol–water partition coefficient (Wildman–Crippen LogP) is 3.44. The van der Waals surface area contributed by atoms with Crippen molar-refractivity contribution in [2.45, 2.75) is 55.6 Å². The summed E-state index contributed by atoms with van der Waals surface area (Å²) < 4.78 is 21.6. The molecule has 6 bridgehead atoms. The van der Waals surface area contributed by atoms with E-state index < -0.39 is 11.0 Å². The minimum absolute atomic E-state index is 0.179. The fourth-order valence-corrected chi connectivity index (χ4v) is 7.61. The predicted molar refractivity (Wildman–Crippen MR) is 138 cm³/mol. The quantitative estimate of drug-likeness (QED) is 0.483. The molecule has 6 heterocycles. The number of benzene rings is 1. The third-order valence-corrected chi connectivity index (χ3v) is 9.78. The number of aryl methyl sites for hydroxylation is 1. The molecule has 10 heteroatoms. The lowest BCUT2D eigenvalue weighted by Crippen LogP contribution is -2.53. The van der Waals surface area contributed by atoms with Crippen molar-refractivity contribution in [2.24, 2.45) is 0 Å². The second kappa shape index (κ2) is 8.93. The van der Waals surface area contributed by atoms with Crippen LogP contribution < -0.4 is 10.1 Å². The molecule has 0 amide bonds. The highest BCUT2D eigenvalue weighted by molar-refractivity contribution is 7.82. The number of piperidine rings is 1. The largest absolute Gasteiger partial charge is 0.476 e. The van der Waals surface area contributed by atoms with Crippen LogP contribution in [-0.4, -0.2) is 71.9 Å². The maximum absolute atomic E-state index is 13.4. The molecule has 1 aliphatic carbocycles. The lowest BCUT2D eigenvalue weighted by Gasteiger charge is -2.44. The Labute approximate surface area is 213 Å². The number of aromatic amines is 1. The number of aromatic nitrogens is 4. The van der Waals surface area contributed by atoms with E-state index in [4.69, 9.17) is 4.74 Å². The molecule has 36 heavy (non-hydrogen) atoms. The first-order valence-corrected chi connectivity index (χ1v) is 14.1. The fraction of sp³-hybridized carbons (Fsp3) is 0.500. The summed E-state index contributed by atoms with van der Waals surface area (Å²) in [5, 5.41) is 11.2. The van der Waals surface area contributed by atoms with Gasteiger partial charge in [-0.3, -0.25) is 4.90 Å². The van der Waals surface area contributed by atoms with E-state index in [-0.39, 0.29) is 5.54 Å². The van der Waals surface area contributed by atoms with Gasteiger partial charge in [0.25, 0.3) is 0 Å². The van der Waals surface area contributed by atoms with Gasteiger partial charge in [-0.15, -0.1) is 5.10 Å². The molecular weight excluding hydrogens is 474 g/mol. The summed E-state index contributed by atoms with van der Waals surface area (Å²) in [5.41, 5.74) is 5.96. The van der Waals surface area contributed by atoms with Gasteiger partial charge < -0.3 is 10.1 Å². The monoisotopic (exact) mass is 505 g/mol. The lowest BCUT2D eigenvalue weighted by molar-refractivity contribution is 0.0665. The summed E-state index contributed by atoms with van der Waals surface area (Å²) in [5.74, 6) is 1.10. The van der Waals surface area contributed by atoms with Crippen LogP contribution in [0.2, 0.25) is 0 Å². The van der Waals surface area contributed by atoms with E-state index in [0.29, 0.717) is 23.6 Å². The molecule has 2 fully saturated rings. The minimum Gasteiger partial charge on any atom is -0.476 e. The van der Waals surface area contributed by atoms with Crippen LogP contribution in [0.5, 0.6) is 5.88 Å². The summed E-state index contributed by atoms with van der Waals surface area (Å²) >= 11 is 0. The van der Waals surface area contributed by atoms with Gasteiger partial charge in [-0.25, -0.2) is 18.6 Å². The van der Waals surface area contributed by atoms with E-state index in [0.717, 1.165) is 75.1 Å². The van der Waals surface area contributed by atoms with Crippen molar-refractivity contribution in [2.75, 3.05) is 38.1 Å². The molecule has 1 atom stereocenters. The summed E-state index contributed by atoms with van der Waals surface area (Å²) in [6.45, 7) is 4.16. The van der Waals surface area contributed by atoms with E-state index in [2.05, 4.69) is 42.5 Å². The van der Waals surface area contributed by atoms with Gasteiger partial charge in [0.2, 0.25) is 17.0 Å². The number of pyridine rings is 1. The maximum Gasteiger partial charge on any atom is 0.247 e. The smallest absolute Gasteiger partial charge is 0.247 e. The van der Waals surface area contributed by atoms with Crippen LogP contribution in [0.1, 0.15) is 43.2 Å². The molecule has 1 spiro atoms. The molecule has 1 unspecified atom stereocenters. The number of nitrogens with one attached hydrogen (secondary N) is 2. The average Bonchev–Trinajstić information content (AvgIpc) is 3.65. The number of ether oxygens (including phenoxy) is 1. The molecular formula is C26H31N7O2S. The van der Waals surface area contributed by atoms with Crippen LogP contribution >= 0.6 is 0 Å². The number of hydrogen-bond donors (Lipinski definition) is 2. The van der Waals surface area contributed by atoms with Crippen molar-refractivity contribution in [1.29, 1.82) is 0 Å². The summed E-state index contributed by atoms with van der Waals surface area (Å²) in [6, 6.07) is 8.44. The third-order valence-electron chi connectivity index (χ3n) is 8.44. The fourth-order valence-electron chi connectivity index (χ4n) is 6.56. The molecule has 4 aliphatic heterocycles. The van der Waals surface area contributed by atoms with Crippen LogP contribution in [0.25, 0.3) is 11.1 Å². The SMILES string of the molecule is O=S1c2nc(n[nH]2)Nc2c(ccc3c2CCC3)-c2ccnc(c2)OCCN2CCCC23CCN1CC3. The van der Waals surface area contributed by atoms with E-state index >= 15 is 0 Å². The van der Waals surface area contributed by atoms with Crippen molar-refractivity contribution in [3.05, 3.63) is 41.6 Å². The van der Waals surface area contributed by atoms with Gasteiger partial charge in [-0.1, -0.05) is 12.1 Å². The number of anilines is 2. The first-order chi connectivity index (χ1) is 17.7. The van der Waals surface area contributed by atoms with Gasteiger partial charge >= 0.3 is 0 Å². The molecule has 5 aliphatic rings. The number of fused-ring (bicyclic) bond motifs is 5. The summed E-state index contributed by atoms with van der Waals surface area (Å²) in [4.78, 5) is 11.7. The second-order valence-corrected chi connectivity index (χ2v) is 11.7. The van der Waals surface area contributed by atoms with Crippen molar-refractivity contribution in [3.8, 4) is 17.0 Å². The Hall–Kier alpha value is -2.82. The standard InChI is InChI=1S/C26H31N7O2S/c34-36-25-29-24(30-31-25)28-23-20-4-1-3-18(20)5-6-21(23)19-7-11-27-22(17-19)35-16-15-32-12-2-8-26(32)9-13-33(36)14-10-26/h5-7,11,17H,1-4,8-10,12-16H2,(H2,28,29,30,31). The topological polar surface area (TPSA) is 99.3 Å². The van der Waals surface area contributed by atoms with E-state index in [1.165, 1.54) is 24.0 Å². The Morgan fingerprint density at radius 3 is 2.86 bits per heavy atom. The average molecular weight is 506 g/mol. The normalized spacial score (nSPS) is 27.8. The number of H-pyrrole nitrogens is 1. The molecule has 188 valence electrons. The van der Waals surface area contributed by atoms with Crippen LogP contribution in [0.3, 0.4) is 0 Å². The molecule has 9 nitrogen and oxygen atoms in total. The zero-order chi connectivity index (χ0) is 24.1. The van der Waals surface area contributed by atoms with E-state index in [1.807, 2.05) is 22.6 Å². The zero-order valence-electron chi connectivity index (χ0n) is 20.3. The molecule has 2 N–H and O–H groups in total. The Morgan fingerprint density at radius 1 is 1.03 bits per heavy atom. The highest BCUT2D eigenvalue weighted by Crippen LogP contribution is 2.41. The van der Waals surface area contributed by atoms with E-state index in [9.17, 15) is 4.21 Å². The van der Waals surface area contributed by atoms with Crippen LogP contribution in [0.4, 0.5) is 11.6 Å². The van der Waals surface area contributed by atoms with Gasteiger partial charge in [0, 0.05) is 43.0 Å². The first kappa shape index (κ1) is 22.4. The van der Waals surface area contributed by atoms with Crippen molar-refractivity contribution in [3.63, 3.8) is 0 Å². The van der Waals surface area contributed by atoms with Crippen LogP contribution in [-0.2, 0) is 23.8 Å². The van der Waals surface area contributed by atoms with Gasteiger partial charge in [0.05, 0.1) is 5.69 Å². The Balaban J connectivity index is 1.30. The Kier molecular flexibility index (Phi) is 5.55. The summed E-state index contributed by atoms with van der Waals surface area (Å²) in [6.07, 6.45) is 9.44. The van der Waals surface area contributed by atoms with Gasteiger partial charge in [0.1, 0.15) is 6.61 Å². The molecule has 3 aromatic rings. The molecule has 1 aromatic carbocycles. The van der Waals surface area contributed by atoms with Gasteiger partial charge in [-0.05, 0) is 74.2 Å². The summed E-state index contributed by atoms with van der Waals surface area (Å²) in [7, 11) is -1.36. The van der Waals surface area contributed by atoms with Crippen LogP contribution in [0, 0.1) is 0 Å². The van der Waals surface area contributed by atoms with Crippen molar-refractivity contribution < 1.29 is 8.95 Å². The Morgan fingerprint density at radius 2 is 1.94 bits per heavy atom. The van der Waals surface area contributed by atoms with Gasteiger partial charge in [-0.2, -0.15) is 4.98 Å². The molecule has 8 rings (SSSR count). The zero-order valence-corrected chi connectivity index (χ0v) is 21.1. The number of rotatable bonds is 0. The number of hydrogen-bond acceptors (Lipinski definition) is 7. The maximum atomic E-state index is 13.4. The van der Waals surface area contributed by atoms with Crippen molar-refractivity contribution in [1.82, 2.24) is 29.4 Å². The van der Waals surface area contributed by atoms with Crippen molar-refractivity contribution >= 4 is 22.6 Å². The lowest BCUT2D eigenvalue weighted by atomic mass is 9.86. The highest BCUT2D eigenvalue weighted by atomic mass is 32.2. The molecule has 2 saturated heterocycles. The number of nitrogens with zero attached hydrogens (tertiary/aromatic N) is 5.